The maximum absolute atomic E-state index is 12.7. The Balaban J connectivity index is 1.61. The van der Waals surface area contributed by atoms with Gasteiger partial charge in [0.1, 0.15) is 0 Å². The summed E-state index contributed by atoms with van der Waals surface area (Å²) in [5, 5.41) is 0. The van der Waals surface area contributed by atoms with E-state index in [4.69, 9.17) is 18.9 Å². The van der Waals surface area contributed by atoms with Crippen LogP contribution in [0.15, 0.2) is 42.5 Å². The van der Waals surface area contributed by atoms with Crippen LogP contribution in [0.5, 0.6) is 17.2 Å². The fourth-order valence-electron chi connectivity index (χ4n) is 2.88. The summed E-state index contributed by atoms with van der Waals surface area (Å²) in [6.07, 6.45) is 0.0567. The van der Waals surface area contributed by atoms with E-state index in [9.17, 15) is 4.79 Å². The van der Waals surface area contributed by atoms with Gasteiger partial charge in [0.2, 0.25) is 5.75 Å². The van der Waals surface area contributed by atoms with Crippen LogP contribution in [-0.4, -0.2) is 51.3 Å². The van der Waals surface area contributed by atoms with Crippen LogP contribution in [0.1, 0.15) is 15.9 Å². The summed E-state index contributed by atoms with van der Waals surface area (Å²) >= 11 is 0. The molecule has 0 aromatic heterocycles. The summed E-state index contributed by atoms with van der Waals surface area (Å²) in [7, 11) is 4.59. The van der Waals surface area contributed by atoms with Crippen LogP contribution in [0.3, 0.4) is 0 Å². The smallest absolute Gasteiger partial charge is 0.254 e. The largest absolute Gasteiger partial charge is 0.493 e. The molecule has 0 aliphatic carbocycles. The quantitative estimate of drug-likeness (QED) is 0.763. The lowest BCUT2D eigenvalue weighted by atomic mass is 10.1. The maximum Gasteiger partial charge on any atom is 0.254 e. The first-order valence-corrected chi connectivity index (χ1v) is 8.41. The van der Waals surface area contributed by atoms with E-state index < -0.39 is 0 Å². The zero-order chi connectivity index (χ0) is 18.5. The van der Waals surface area contributed by atoms with E-state index in [1.165, 1.54) is 21.3 Å². The maximum atomic E-state index is 12.7. The summed E-state index contributed by atoms with van der Waals surface area (Å²) in [4.78, 5) is 14.4. The minimum Gasteiger partial charge on any atom is -0.493 e. The van der Waals surface area contributed by atoms with Crippen LogP contribution in [0.4, 0.5) is 0 Å². The topological polar surface area (TPSA) is 57.2 Å². The summed E-state index contributed by atoms with van der Waals surface area (Å²) < 4.78 is 21.8. The molecule has 6 heteroatoms. The highest BCUT2D eigenvalue weighted by molar-refractivity contribution is 5.96. The van der Waals surface area contributed by atoms with E-state index in [1.54, 1.807) is 17.0 Å². The number of carbonyl (C=O) groups excluding carboxylic acids is 1. The predicted octanol–water partition coefficient (Wildman–Crippen LogP) is 2.75. The molecule has 0 N–H and O–H groups in total. The van der Waals surface area contributed by atoms with Gasteiger partial charge >= 0.3 is 0 Å². The molecule has 2 aromatic rings. The van der Waals surface area contributed by atoms with Crippen molar-refractivity contribution in [3.63, 3.8) is 0 Å². The lowest BCUT2D eigenvalue weighted by Crippen LogP contribution is -2.54. The van der Waals surface area contributed by atoms with Crippen molar-refractivity contribution in [3.05, 3.63) is 53.6 Å². The van der Waals surface area contributed by atoms with Crippen molar-refractivity contribution in [2.24, 2.45) is 0 Å². The van der Waals surface area contributed by atoms with Gasteiger partial charge in [-0.15, -0.1) is 0 Å². The molecule has 138 valence electrons. The Morgan fingerprint density at radius 3 is 2.15 bits per heavy atom. The van der Waals surface area contributed by atoms with E-state index >= 15 is 0 Å². The molecule has 0 saturated carbocycles. The van der Waals surface area contributed by atoms with E-state index in [0.717, 1.165) is 5.56 Å². The summed E-state index contributed by atoms with van der Waals surface area (Å²) in [6.45, 7) is 1.70. The molecule has 1 fully saturated rings. The molecule has 0 bridgehead atoms. The Morgan fingerprint density at radius 1 is 1.00 bits per heavy atom. The van der Waals surface area contributed by atoms with Gasteiger partial charge in [-0.1, -0.05) is 30.3 Å². The van der Waals surface area contributed by atoms with Crippen molar-refractivity contribution in [1.82, 2.24) is 4.90 Å². The van der Waals surface area contributed by atoms with Gasteiger partial charge < -0.3 is 23.8 Å². The molecule has 1 heterocycles. The van der Waals surface area contributed by atoms with Crippen molar-refractivity contribution in [1.29, 1.82) is 0 Å². The van der Waals surface area contributed by atoms with E-state index in [-0.39, 0.29) is 12.0 Å². The van der Waals surface area contributed by atoms with Crippen molar-refractivity contribution in [2.45, 2.75) is 12.7 Å². The van der Waals surface area contributed by atoms with Gasteiger partial charge in [-0.05, 0) is 17.7 Å². The van der Waals surface area contributed by atoms with Crippen LogP contribution in [0.2, 0.25) is 0 Å². The number of benzene rings is 2. The number of carbonyl (C=O) groups is 1. The second-order valence-electron chi connectivity index (χ2n) is 6.04. The van der Waals surface area contributed by atoms with Crippen LogP contribution < -0.4 is 14.2 Å². The summed E-state index contributed by atoms with van der Waals surface area (Å²) in [6, 6.07) is 13.3. The minimum atomic E-state index is -0.0798. The first-order chi connectivity index (χ1) is 12.7. The number of ether oxygens (including phenoxy) is 4. The molecule has 0 spiro atoms. The minimum absolute atomic E-state index is 0.0567. The third-order valence-electron chi connectivity index (χ3n) is 4.38. The molecular weight excluding hydrogens is 334 g/mol. The third-order valence-corrected chi connectivity index (χ3v) is 4.38. The summed E-state index contributed by atoms with van der Waals surface area (Å²) in [5.41, 5.74) is 1.63. The van der Waals surface area contributed by atoms with E-state index in [1.807, 2.05) is 30.3 Å². The Labute approximate surface area is 153 Å². The zero-order valence-electron chi connectivity index (χ0n) is 15.2. The second-order valence-corrected chi connectivity index (χ2v) is 6.04. The van der Waals surface area contributed by atoms with Gasteiger partial charge in [0, 0.05) is 18.7 Å². The van der Waals surface area contributed by atoms with Gasteiger partial charge in [0.25, 0.3) is 5.91 Å². The van der Waals surface area contributed by atoms with Gasteiger partial charge in [0.15, 0.2) is 11.5 Å². The molecule has 1 amide bonds. The molecule has 6 nitrogen and oxygen atoms in total. The molecular formula is C20H23NO5. The average molecular weight is 357 g/mol. The van der Waals surface area contributed by atoms with Crippen LogP contribution in [0, 0.1) is 0 Å². The van der Waals surface area contributed by atoms with Gasteiger partial charge in [-0.3, -0.25) is 4.79 Å². The normalized spacial score (nSPS) is 13.9. The number of hydrogen-bond donors (Lipinski definition) is 0. The number of likely N-dealkylation sites (tertiary alicyclic amines) is 1. The van der Waals surface area contributed by atoms with Crippen molar-refractivity contribution >= 4 is 5.91 Å². The van der Waals surface area contributed by atoms with Gasteiger partial charge in [-0.2, -0.15) is 0 Å². The van der Waals surface area contributed by atoms with Crippen LogP contribution >= 0.6 is 0 Å². The Morgan fingerprint density at radius 2 is 1.62 bits per heavy atom. The third kappa shape index (κ3) is 3.75. The molecule has 2 aromatic carbocycles. The lowest BCUT2D eigenvalue weighted by Gasteiger charge is -2.39. The fraction of sp³-hybridized carbons (Fsp3) is 0.350. The van der Waals surface area contributed by atoms with E-state index in [2.05, 4.69) is 0 Å². The van der Waals surface area contributed by atoms with Crippen LogP contribution in [-0.2, 0) is 11.3 Å². The lowest BCUT2D eigenvalue weighted by molar-refractivity contribution is -0.0503. The Hall–Kier alpha value is -2.73. The molecule has 0 atom stereocenters. The molecule has 3 rings (SSSR count). The van der Waals surface area contributed by atoms with Gasteiger partial charge in [-0.25, -0.2) is 0 Å². The fourth-order valence-corrected chi connectivity index (χ4v) is 2.88. The second kappa shape index (κ2) is 8.10. The van der Waals surface area contributed by atoms with Crippen LogP contribution in [0.25, 0.3) is 0 Å². The molecule has 0 unspecified atom stereocenters. The average Bonchev–Trinajstić information content (AvgIpc) is 2.66. The standard InChI is InChI=1S/C20H23NO5/c1-23-17-9-15(10-18(24-2)19(17)25-3)20(22)21-11-16(12-21)26-13-14-7-5-4-6-8-14/h4-10,16H,11-13H2,1-3H3. The molecule has 1 aliphatic heterocycles. The highest BCUT2D eigenvalue weighted by atomic mass is 16.5. The highest BCUT2D eigenvalue weighted by Crippen LogP contribution is 2.38. The number of rotatable bonds is 7. The first kappa shape index (κ1) is 18.1. The zero-order valence-corrected chi connectivity index (χ0v) is 15.2. The van der Waals surface area contributed by atoms with Gasteiger partial charge in [0.05, 0.1) is 34.0 Å². The number of amides is 1. The molecule has 1 aliphatic rings. The molecule has 26 heavy (non-hydrogen) atoms. The van der Waals surface area contributed by atoms with Crippen molar-refractivity contribution in [3.8, 4) is 17.2 Å². The molecule has 0 radical (unpaired) electrons. The predicted molar refractivity (Wildman–Crippen MR) is 97.0 cm³/mol. The van der Waals surface area contributed by atoms with Crippen molar-refractivity contribution < 1.29 is 23.7 Å². The van der Waals surface area contributed by atoms with Crippen molar-refractivity contribution in [2.75, 3.05) is 34.4 Å². The molecule has 1 saturated heterocycles. The SMILES string of the molecule is COc1cc(C(=O)N2CC(OCc3ccccc3)C2)cc(OC)c1OC. The Bertz CT molecular complexity index is 731. The van der Waals surface area contributed by atoms with E-state index in [0.29, 0.717) is 42.5 Å². The Kier molecular flexibility index (Phi) is 5.63. The number of hydrogen-bond acceptors (Lipinski definition) is 5. The highest BCUT2D eigenvalue weighted by Gasteiger charge is 2.32. The number of nitrogens with zero attached hydrogens (tertiary/aromatic N) is 1. The monoisotopic (exact) mass is 357 g/mol. The first-order valence-electron chi connectivity index (χ1n) is 8.41. The summed E-state index contributed by atoms with van der Waals surface area (Å²) in [5.74, 6) is 1.32. The number of methoxy groups -OCH3 is 3.